The number of aryl methyl sites for hydroxylation is 1. The SMILES string of the molecule is Cc1cccc(S(=O)(=O)N2CCC(NC(=O)c3ccco3)CC2)c1C(=O)NO. The van der Waals surface area contributed by atoms with Gasteiger partial charge in [-0.05, 0) is 43.5 Å². The standard InChI is InChI=1S/C18H21N3O6S/c1-12-4-2-6-15(16(12)18(23)20-24)28(25,26)21-9-7-13(8-10-21)19-17(22)14-5-3-11-27-14/h2-6,11,13,24H,7-10H2,1H3,(H,19,22)(H,20,23). The second-order valence-electron chi connectivity index (χ2n) is 6.52. The maximum atomic E-state index is 13.1. The summed E-state index contributed by atoms with van der Waals surface area (Å²) in [7, 11) is -3.94. The summed E-state index contributed by atoms with van der Waals surface area (Å²) >= 11 is 0. The summed E-state index contributed by atoms with van der Waals surface area (Å²) in [5.41, 5.74) is 1.85. The van der Waals surface area contributed by atoms with Crippen LogP contribution in [0.1, 0.15) is 39.3 Å². The van der Waals surface area contributed by atoms with Gasteiger partial charge in [0.1, 0.15) is 0 Å². The van der Waals surface area contributed by atoms with Crippen molar-refractivity contribution in [2.75, 3.05) is 13.1 Å². The highest BCUT2D eigenvalue weighted by molar-refractivity contribution is 7.89. The molecule has 2 aromatic rings. The zero-order chi connectivity index (χ0) is 20.3. The quantitative estimate of drug-likeness (QED) is 0.506. The molecule has 1 fully saturated rings. The van der Waals surface area contributed by atoms with E-state index in [9.17, 15) is 18.0 Å². The largest absolute Gasteiger partial charge is 0.459 e. The summed E-state index contributed by atoms with van der Waals surface area (Å²) in [5.74, 6) is -1.02. The van der Waals surface area contributed by atoms with E-state index in [0.29, 0.717) is 18.4 Å². The first-order valence-corrected chi connectivity index (χ1v) is 10.2. The van der Waals surface area contributed by atoms with Crippen molar-refractivity contribution in [3.8, 4) is 0 Å². The van der Waals surface area contributed by atoms with E-state index in [4.69, 9.17) is 9.62 Å². The average molecular weight is 407 g/mol. The second-order valence-corrected chi connectivity index (χ2v) is 8.42. The molecule has 0 bridgehead atoms. The third-order valence-electron chi connectivity index (χ3n) is 4.72. The zero-order valence-corrected chi connectivity index (χ0v) is 16.0. The van der Waals surface area contributed by atoms with Crippen LogP contribution < -0.4 is 10.8 Å². The third kappa shape index (κ3) is 3.93. The number of nitrogens with one attached hydrogen (secondary N) is 2. The van der Waals surface area contributed by atoms with Crippen LogP contribution in [0.2, 0.25) is 0 Å². The normalized spacial score (nSPS) is 15.9. The topological polar surface area (TPSA) is 129 Å². The molecular weight excluding hydrogens is 386 g/mol. The molecule has 0 unspecified atom stereocenters. The minimum atomic E-state index is -3.94. The Kier molecular flexibility index (Phi) is 5.82. The predicted molar refractivity (Wildman–Crippen MR) is 98.4 cm³/mol. The molecule has 10 heteroatoms. The number of hydroxylamine groups is 1. The van der Waals surface area contributed by atoms with E-state index in [-0.39, 0.29) is 41.3 Å². The van der Waals surface area contributed by atoms with Crippen LogP contribution in [0.3, 0.4) is 0 Å². The second kappa shape index (κ2) is 8.13. The molecule has 28 heavy (non-hydrogen) atoms. The van der Waals surface area contributed by atoms with Crippen molar-refractivity contribution < 1.29 is 27.6 Å². The number of carbonyl (C=O) groups is 2. The van der Waals surface area contributed by atoms with Crippen LogP contribution in [0.5, 0.6) is 0 Å². The Hall–Kier alpha value is -2.69. The number of sulfonamides is 1. The number of hydrogen-bond donors (Lipinski definition) is 3. The molecule has 0 atom stereocenters. The van der Waals surface area contributed by atoms with Crippen LogP contribution in [-0.2, 0) is 10.0 Å². The lowest BCUT2D eigenvalue weighted by molar-refractivity contribution is 0.0701. The van der Waals surface area contributed by atoms with E-state index in [1.165, 1.54) is 22.1 Å². The molecule has 150 valence electrons. The predicted octanol–water partition coefficient (Wildman–Crippen LogP) is 1.29. The van der Waals surface area contributed by atoms with Gasteiger partial charge in [0.2, 0.25) is 10.0 Å². The summed E-state index contributed by atoms with van der Waals surface area (Å²) in [6.07, 6.45) is 2.27. The van der Waals surface area contributed by atoms with Crippen LogP contribution >= 0.6 is 0 Å². The highest BCUT2D eigenvalue weighted by Gasteiger charge is 2.33. The lowest BCUT2D eigenvalue weighted by atomic mass is 10.1. The molecule has 1 aliphatic heterocycles. The molecule has 1 aliphatic rings. The van der Waals surface area contributed by atoms with Gasteiger partial charge in [-0.15, -0.1) is 0 Å². The molecule has 2 amide bonds. The number of rotatable bonds is 5. The van der Waals surface area contributed by atoms with Gasteiger partial charge >= 0.3 is 0 Å². The lowest BCUT2D eigenvalue weighted by Gasteiger charge is -2.32. The molecule has 1 aromatic heterocycles. The van der Waals surface area contributed by atoms with Gasteiger partial charge in [-0.25, -0.2) is 13.9 Å². The maximum Gasteiger partial charge on any atom is 0.287 e. The Labute approximate surface area is 162 Å². The fourth-order valence-corrected chi connectivity index (χ4v) is 4.98. The first kappa shape index (κ1) is 20.1. The van der Waals surface area contributed by atoms with E-state index in [2.05, 4.69) is 5.32 Å². The van der Waals surface area contributed by atoms with Gasteiger partial charge in [0, 0.05) is 19.1 Å². The molecular formula is C18H21N3O6S. The Balaban J connectivity index is 1.73. The van der Waals surface area contributed by atoms with Crippen molar-refractivity contribution >= 4 is 21.8 Å². The monoisotopic (exact) mass is 407 g/mol. The highest BCUT2D eigenvalue weighted by Crippen LogP contribution is 2.26. The zero-order valence-electron chi connectivity index (χ0n) is 15.2. The fourth-order valence-electron chi connectivity index (χ4n) is 3.25. The molecule has 1 saturated heterocycles. The molecule has 0 radical (unpaired) electrons. The van der Waals surface area contributed by atoms with Crippen molar-refractivity contribution in [3.05, 3.63) is 53.5 Å². The minimum absolute atomic E-state index is 0.0850. The molecule has 0 saturated carbocycles. The van der Waals surface area contributed by atoms with Crippen molar-refractivity contribution in [2.24, 2.45) is 0 Å². The van der Waals surface area contributed by atoms with Crippen LogP contribution in [0.25, 0.3) is 0 Å². The van der Waals surface area contributed by atoms with Gasteiger partial charge in [-0.2, -0.15) is 4.31 Å². The van der Waals surface area contributed by atoms with E-state index in [1.54, 1.807) is 31.2 Å². The summed E-state index contributed by atoms with van der Waals surface area (Å²) in [5, 5.41) is 11.8. The van der Waals surface area contributed by atoms with Crippen molar-refractivity contribution in [1.82, 2.24) is 15.1 Å². The smallest absolute Gasteiger partial charge is 0.287 e. The number of hydrogen-bond acceptors (Lipinski definition) is 6. The van der Waals surface area contributed by atoms with Crippen LogP contribution in [0.15, 0.2) is 45.9 Å². The summed E-state index contributed by atoms with van der Waals surface area (Å²) in [6, 6.07) is 7.48. The third-order valence-corrected chi connectivity index (χ3v) is 6.66. The number of amides is 2. The number of piperidine rings is 1. The van der Waals surface area contributed by atoms with Gasteiger partial charge < -0.3 is 9.73 Å². The molecule has 0 spiro atoms. The fraction of sp³-hybridized carbons (Fsp3) is 0.333. The van der Waals surface area contributed by atoms with Gasteiger partial charge in [0.05, 0.1) is 16.7 Å². The van der Waals surface area contributed by atoms with Crippen LogP contribution in [0.4, 0.5) is 0 Å². The van der Waals surface area contributed by atoms with Crippen molar-refractivity contribution in [2.45, 2.75) is 30.7 Å². The minimum Gasteiger partial charge on any atom is -0.459 e. The number of benzene rings is 1. The highest BCUT2D eigenvalue weighted by atomic mass is 32.2. The summed E-state index contributed by atoms with van der Waals surface area (Å²) in [6.45, 7) is 1.99. The van der Waals surface area contributed by atoms with E-state index >= 15 is 0 Å². The van der Waals surface area contributed by atoms with E-state index < -0.39 is 15.9 Å². The van der Waals surface area contributed by atoms with Crippen molar-refractivity contribution in [1.29, 1.82) is 0 Å². The molecule has 2 heterocycles. The summed E-state index contributed by atoms with van der Waals surface area (Å²) < 4.78 is 32.5. The average Bonchev–Trinajstić information content (AvgIpc) is 3.22. The Morgan fingerprint density at radius 1 is 1.14 bits per heavy atom. The molecule has 1 aromatic carbocycles. The number of furan rings is 1. The van der Waals surface area contributed by atoms with E-state index in [0.717, 1.165) is 0 Å². The van der Waals surface area contributed by atoms with Crippen molar-refractivity contribution in [3.63, 3.8) is 0 Å². The number of nitrogens with zero attached hydrogens (tertiary/aromatic N) is 1. The Bertz CT molecular complexity index is 963. The summed E-state index contributed by atoms with van der Waals surface area (Å²) in [4.78, 5) is 23.9. The Morgan fingerprint density at radius 3 is 2.46 bits per heavy atom. The lowest BCUT2D eigenvalue weighted by Crippen LogP contribution is -2.46. The van der Waals surface area contributed by atoms with Gasteiger partial charge in [-0.3, -0.25) is 14.8 Å². The van der Waals surface area contributed by atoms with Crippen LogP contribution in [0, 0.1) is 6.92 Å². The Morgan fingerprint density at radius 2 is 1.86 bits per heavy atom. The first-order chi connectivity index (χ1) is 13.3. The molecule has 9 nitrogen and oxygen atoms in total. The maximum absolute atomic E-state index is 13.1. The number of carbonyl (C=O) groups excluding carboxylic acids is 2. The van der Waals surface area contributed by atoms with E-state index in [1.807, 2.05) is 0 Å². The van der Waals surface area contributed by atoms with Gasteiger partial charge in [0.15, 0.2) is 5.76 Å². The molecule has 0 aliphatic carbocycles. The molecule has 3 N–H and O–H groups in total. The molecule has 3 rings (SSSR count). The van der Waals surface area contributed by atoms with Gasteiger partial charge in [-0.1, -0.05) is 12.1 Å². The first-order valence-electron chi connectivity index (χ1n) is 8.73. The van der Waals surface area contributed by atoms with Gasteiger partial charge in [0.25, 0.3) is 11.8 Å². The van der Waals surface area contributed by atoms with Crippen LogP contribution in [-0.4, -0.2) is 48.9 Å².